The number of hydrogen-bond donors (Lipinski definition) is 0. The van der Waals surface area contributed by atoms with E-state index < -0.39 is 16.6 Å². The van der Waals surface area contributed by atoms with Crippen molar-refractivity contribution in [2.24, 2.45) is 0 Å². The van der Waals surface area contributed by atoms with Gasteiger partial charge in [0.25, 0.3) is 0 Å². The minimum atomic E-state index is -1.71. The van der Waals surface area contributed by atoms with Crippen molar-refractivity contribution >= 4 is 22.7 Å². The molecular formula is C12H22N2O2Si2. The summed E-state index contributed by atoms with van der Waals surface area (Å²) in [6.07, 6.45) is 3.40. The van der Waals surface area contributed by atoms with E-state index in [1.54, 1.807) is 12.3 Å². The van der Waals surface area contributed by atoms with Gasteiger partial charge in [0, 0.05) is 6.20 Å². The van der Waals surface area contributed by atoms with Gasteiger partial charge in [0.1, 0.15) is 0 Å². The van der Waals surface area contributed by atoms with Crippen LogP contribution in [-0.2, 0) is 0 Å². The van der Waals surface area contributed by atoms with Crippen LogP contribution in [0.2, 0.25) is 39.3 Å². The molecule has 1 rings (SSSR count). The summed E-state index contributed by atoms with van der Waals surface area (Å²) in [5, 5.41) is 0. The van der Waals surface area contributed by atoms with E-state index in [2.05, 4.69) is 55.8 Å². The summed E-state index contributed by atoms with van der Waals surface area (Å²) < 4.78 is 11.7. The molecule has 0 aliphatic heterocycles. The van der Waals surface area contributed by atoms with Gasteiger partial charge in [-0.2, -0.15) is 4.98 Å². The zero-order valence-electron chi connectivity index (χ0n) is 12.1. The second-order valence-electron chi connectivity index (χ2n) is 6.05. The highest BCUT2D eigenvalue weighted by Crippen LogP contribution is 2.23. The Kier molecular flexibility index (Phi) is 4.34. The van der Waals surface area contributed by atoms with Crippen LogP contribution in [0.4, 0.5) is 0 Å². The quantitative estimate of drug-likeness (QED) is 0.775. The molecule has 18 heavy (non-hydrogen) atoms. The van der Waals surface area contributed by atoms with Gasteiger partial charge in [-0.15, -0.1) is 0 Å². The highest BCUT2D eigenvalue weighted by atomic mass is 28.4. The summed E-state index contributed by atoms with van der Waals surface area (Å²) in [6, 6.07) is 0.396. The molecule has 1 aromatic rings. The summed E-state index contributed by atoms with van der Waals surface area (Å²) in [5.41, 5.74) is 0.806. The maximum atomic E-state index is 5.93. The fourth-order valence-electron chi connectivity index (χ4n) is 1.20. The van der Waals surface area contributed by atoms with Gasteiger partial charge in [-0.3, -0.25) is 0 Å². The van der Waals surface area contributed by atoms with Crippen LogP contribution in [0.1, 0.15) is 5.56 Å². The van der Waals surface area contributed by atoms with Gasteiger partial charge in [0.2, 0.25) is 22.5 Å². The Morgan fingerprint density at radius 3 is 2.06 bits per heavy atom. The standard InChI is InChI=1S/C12H22N2O2Si2/c1-8-10-9-13-12(16-18(5,6)7)14-11(10)15-17(2,3)4/h8-9H,1H2,2-7H3. The number of nitrogens with zero attached hydrogens (tertiary/aromatic N) is 2. The molecule has 0 bridgehead atoms. The second-order valence-corrected chi connectivity index (χ2v) is 14.9. The first-order valence-electron chi connectivity index (χ1n) is 5.98. The second kappa shape index (κ2) is 5.23. The Bertz CT molecular complexity index is 437. The van der Waals surface area contributed by atoms with Gasteiger partial charge in [-0.05, 0) is 39.3 Å². The van der Waals surface area contributed by atoms with E-state index in [-0.39, 0.29) is 0 Å². The molecule has 0 fully saturated rings. The van der Waals surface area contributed by atoms with Crippen molar-refractivity contribution in [3.05, 3.63) is 18.3 Å². The number of hydrogen-bond acceptors (Lipinski definition) is 4. The molecule has 0 aliphatic carbocycles. The lowest BCUT2D eigenvalue weighted by molar-refractivity contribution is 0.475. The third-order valence-corrected chi connectivity index (χ3v) is 3.38. The Labute approximate surface area is 111 Å². The molecule has 0 atom stereocenters. The van der Waals surface area contributed by atoms with Crippen molar-refractivity contribution in [3.8, 4) is 11.9 Å². The molecular weight excluding hydrogens is 260 g/mol. The molecule has 1 aromatic heterocycles. The first-order chi connectivity index (χ1) is 8.11. The maximum absolute atomic E-state index is 5.93. The van der Waals surface area contributed by atoms with Crippen molar-refractivity contribution in [2.75, 3.05) is 0 Å². The zero-order chi connectivity index (χ0) is 14.0. The third kappa shape index (κ3) is 5.01. The van der Waals surface area contributed by atoms with E-state index in [9.17, 15) is 0 Å². The first-order valence-corrected chi connectivity index (χ1v) is 12.8. The largest absolute Gasteiger partial charge is 0.531 e. The number of rotatable bonds is 5. The summed E-state index contributed by atoms with van der Waals surface area (Å²) in [6.45, 7) is 16.4. The fraction of sp³-hybridized carbons (Fsp3) is 0.500. The lowest BCUT2D eigenvalue weighted by atomic mass is 10.3. The molecule has 0 unspecified atom stereocenters. The Balaban J connectivity index is 3.06. The molecule has 0 amide bonds. The van der Waals surface area contributed by atoms with Crippen molar-refractivity contribution in [1.29, 1.82) is 0 Å². The maximum Gasteiger partial charge on any atom is 0.305 e. The van der Waals surface area contributed by atoms with Gasteiger partial charge < -0.3 is 8.85 Å². The smallest absolute Gasteiger partial charge is 0.305 e. The van der Waals surface area contributed by atoms with Crippen molar-refractivity contribution < 1.29 is 8.85 Å². The molecule has 0 N–H and O–H groups in total. The molecule has 4 nitrogen and oxygen atoms in total. The van der Waals surface area contributed by atoms with Crippen LogP contribution in [0.3, 0.4) is 0 Å². The Hall–Kier alpha value is -1.15. The fourth-order valence-corrected chi connectivity index (χ4v) is 2.58. The summed E-state index contributed by atoms with van der Waals surface area (Å²) in [5.74, 6) is 0.576. The topological polar surface area (TPSA) is 44.2 Å². The van der Waals surface area contributed by atoms with E-state index in [1.807, 2.05) is 0 Å². The van der Waals surface area contributed by atoms with Gasteiger partial charge in [0.05, 0.1) is 5.56 Å². The normalized spacial score (nSPS) is 12.1. The van der Waals surface area contributed by atoms with Crippen LogP contribution in [0, 0.1) is 0 Å². The van der Waals surface area contributed by atoms with Gasteiger partial charge in [-0.1, -0.05) is 12.7 Å². The van der Waals surface area contributed by atoms with E-state index in [1.165, 1.54) is 0 Å². The predicted octanol–water partition coefficient (Wildman–Crippen LogP) is 3.55. The molecule has 0 saturated carbocycles. The molecule has 1 heterocycles. The van der Waals surface area contributed by atoms with Crippen LogP contribution in [0.5, 0.6) is 11.9 Å². The Morgan fingerprint density at radius 2 is 1.61 bits per heavy atom. The summed E-state index contributed by atoms with van der Waals surface area (Å²) >= 11 is 0. The van der Waals surface area contributed by atoms with E-state index in [0.29, 0.717) is 11.9 Å². The monoisotopic (exact) mass is 282 g/mol. The van der Waals surface area contributed by atoms with Gasteiger partial charge in [0.15, 0.2) is 0 Å². The van der Waals surface area contributed by atoms with Crippen LogP contribution < -0.4 is 8.85 Å². The van der Waals surface area contributed by atoms with E-state index in [0.717, 1.165) is 5.56 Å². The zero-order valence-corrected chi connectivity index (χ0v) is 14.1. The average molecular weight is 282 g/mol. The van der Waals surface area contributed by atoms with Crippen LogP contribution >= 0.6 is 0 Å². The van der Waals surface area contributed by atoms with Gasteiger partial charge >= 0.3 is 6.01 Å². The van der Waals surface area contributed by atoms with Crippen molar-refractivity contribution in [2.45, 2.75) is 39.3 Å². The highest BCUT2D eigenvalue weighted by Gasteiger charge is 2.22. The molecule has 0 radical (unpaired) electrons. The van der Waals surface area contributed by atoms with Crippen molar-refractivity contribution in [1.82, 2.24) is 9.97 Å². The molecule has 0 spiro atoms. The molecule has 0 aromatic carbocycles. The molecule has 100 valence electrons. The molecule has 0 saturated heterocycles. The molecule has 0 aliphatic rings. The van der Waals surface area contributed by atoms with Gasteiger partial charge in [-0.25, -0.2) is 4.98 Å². The lowest BCUT2D eigenvalue weighted by Crippen LogP contribution is -2.32. The van der Waals surface area contributed by atoms with E-state index in [4.69, 9.17) is 8.85 Å². The minimum absolute atomic E-state index is 0.396. The first kappa shape index (κ1) is 14.9. The summed E-state index contributed by atoms with van der Waals surface area (Å²) in [7, 11) is -3.41. The number of aromatic nitrogens is 2. The van der Waals surface area contributed by atoms with Crippen molar-refractivity contribution in [3.63, 3.8) is 0 Å². The average Bonchev–Trinajstić information content (AvgIpc) is 2.12. The summed E-state index contributed by atoms with van der Waals surface area (Å²) in [4.78, 5) is 8.55. The van der Waals surface area contributed by atoms with Crippen LogP contribution in [0.25, 0.3) is 6.08 Å². The van der Waals surface area contributed by atoms with Crippen LogP contribution in [0.15, 0.2) is 12.8 Å². The SMILES string of the molecule is C=Cc1cnc(O[Si](C)(C)C)nc1O[Si](C)(C)C. The van der Waals surface area contributed by atoms with E-state index >= 15 is 0 Å². The Morgan fingerprint density at radius 1 is 1.06 bits per heavy atom. The highest BCUT2D eigenvalue weighted by molar-refractivity contribution is 6.70. The third-order valence-electron chi connectivity index (χ3n) is 1.78. The predicted molar refractivity (Wildman–Crippen MR) is 80.1 cm³/mol. The minimum Gasteiger partial charge on any atom is -0.531 e. The van der Waals surface area contributed by atoms with Crippen LogP contribution in [-0.4, -0.2) is 26.6 Å². The molecule has 6 heteroatoms. The lowest BCUT2D eigenvalue weighted by Gasteiger charge is -2.21.